The Balaban J connectivity index is 1.51. The molecule has 3 aromatic rings. The van der Waals surface area contributed by atoms with Gasteiger partial charge in [-0.1, -0.05) is 30.7 Å². The van der Waals surface area contributed by atoms with E-state index in [1.807, 2.05) is 12.1 Å². The summed E-state index contributed by atoms with van der Waals surface area (Å²) in [5.74, 6) is 1.13. The second-order valence-corrected chi connectivity index (χ2v) is 7.40. The maximum Gasteiger partial charge on any atom is 0.226 e. The fourth-order valence-electron chi connectivity index (χ4n) is 3.58. The molecule has 5 nitrogen and oxygen atoms in total. The van der Waals surface area contributed by atoms with E-state index in [1.165, 1.54) is 17.6 Å². The minimum Gasteiger partial charge on any atom is -0.469 e. The zero-order chi connectivity index (χ0) is 18.1. The highest BCUT2D eigenvalue weighted by molar-refractivity contribution is 6.30. The summed E-state index contributed by atoms with van der Waals surface area (Å²) in [5.41, 5.74) is 4.12. The number of fused-ring (bicyclic) bond motifs is 3. The van der Waals surface area contributed by atoms with Crippen LogP contribution in [-0.4, -0.2) is 27.3 Å². The van der Waals surface area contributed by atoms with Crippen molar-refractivity contribution in [3.8, 4) is 5.88 Å². The summed E-state index contributed by atoms with van der Waals surface area (Å²) in [6.45, 7) is 2.24. The number of nitrogens with zero attached hydrogens (tertiary/aromatic N) is 2. The summed E-state index contributed by atoms with van der Waals surface area (Å²) in [6, 6.07) is 7.31. The Morgan fingerprint density at radius 2 is 2.27 bits per heavy atom. The van der Waals surface area contributed by atoms with Crippen molar-refractivity contribution in [2.45, 2.75) is 32.6 Å². The molecular formula is C20H20ClN3O2. The van der Waals surface area contributed by atoms with Crippen molar-refractivity contribution in [2.24, 2.45) is 5.92 Å². The number of rotatable bonds is 5. The molecule has 0 spiro atoms. The summed E-state index contributed by atoms with van der Waals surface area (Å²) < 4.78 is 5.78. The maximum absolute atomic E-state index is 12.3. The van der Waals surface area contributed by atoms with E-state index in [0.717, 1.165) is 35.9 Å². The lowest BCUT2D eigenvalue weighted by atomic mass is 9.88. The number of aromatic amines is 1. The third kappa shape index (κ3) is 3.44. The molecule has 0 amide bonds. The van der Waals surface area contributed by atoms with Crippen molar-refractivity contribution in [1.82, 2.24) is 15.0 Å². The van der Waals surface area contributed by atoms with Gasteiger partial charge < -0.3 is 9.72 Å². The average Bonchev–Trinajstić information content (AvgIpc) is 2.98. The number of hydrogen-bond donors (Lipinski definition) is 1. The van der Waals surface area contributed by atoms with Gasteiger partial charge in [-0.05, 0) is 48.4 Å². The molecule has 134 valence electrons. The Bertz CT molecular complexity index is 967. The molecule has 4 rings (SSSR count). The fraction of sp³-hybridized carbons (Fsp3) is 0.350. The lowest BCUT2D eigenvalue weighted by molar-refractivity contribution is -0.120. The molecule has 1 aliphatic rings. The molecule has 0 radical (unpaired) electrons. The number of aromatic nitrogens is 3. The smallest absolute Gasteiger partial charge is 0.226 e. The molecule has 1 aromatic carbocycles. The number of halogens is 1. The van der Waals surface area contributed by atoms with E-state index >= 15 is 0 Å². The largest absolute Gasteiger partial charge is 0.469 e. The first-order chi connectivity index (χ1) is 12.6. The van der Waals surface area contributed by atoms with Gasteiger partial charge in [-0.3, -0.25) is 4.79 Å². The number of aryl methyl sites for hydroxylation is 1. The highest BCUT2D eigenvalue weighted by Gasteiger charge is 2.23. The van der Waals surface area contributed by atoms with Gasteiger partial charge in [0.1, 0.15) is 18.6 Å². The van der Waals surface area contributed by atoms with Crippen molar-refractivity contribution in [1.29, 1.82) is 0 Å². The quantitative estimate of drug-likeness (QED) is 0.740. The molecule has 0 saturated heterocycles. The van der Waals surface area contributed by atoms with Crippen LogP contribution in [0.15, 0.2) is 30.6 Å². The van der Waals surface area contributed by atoms with Crippen LogP contribution < -0.4 is 4.74 Å². The van der Waals surface area contributed by atoms with E-state index in [1.54, 1.807) is 12.1 Å². The first-order valence-electron chi connectivity index (χ1n) is 8.83. The van der Waals surface area contributed by atoms with Gasteiger partial charge in [0.15, 0.2) is 5.78 Å². The van der Waals surface area contributed by atoms with Crippen LogP contribution in [0.25, 0.3) is 11.0 Å². The highest BCUT2D eigenvalue weighted by Crippen LogP contribution is 2.34. The fourth-order valence-corrected chi connectivity index (χ4v) is 3.79. The number of ether oxygens (including phenoxy) is 1. The minimum absolute atomic E-state index is 0.0166. The van der Waals surface area contributed by atoms with Gasteiger partial charge in [0.25, 0.3) is 0 Å². The second kappa shape index (κ2) is 7.08. The van der Waals surface area contributed by atoms with Crippen molar-refractivity contribution in [3.05, 3.63) is 52.4 Å². The summed E-state index contributed by atoms with van der Waals surface area (Å²) in [5, 5.41) is 1.55. The lowest BCUT2D eigenvalue weighted by Crippen LogP contribution is -2.15. The Morgan fingerprint density at radius 1 is 1.38 bits per heavy atom. The van der Waals surface area contributed by atoms with Gasteiger partial charge in [0.05, 0.1) is 5.39 Å². The van der Waals surface area contributed by atoms with Crippen LogP contribution in [-0.2, 0) is 24.1 Å². The summed E-state index contributed by atoms with van der Waals surface area (Å²) in [6.07, 6.45) is 4.90. The zero-order valence-electron chi connectivity index (χ0n) is 14.6. The Kier molecular flexibility index (Phi) is 4.64. The van der Waals surface area contributed by atoms with Gasteiger partial charge in [0, 0.05) is 17.1 Å². The Morgan fingerprint density at radius 3 is 3.12 bits per heavy atom. The van der Waals surface area contributed by atoms with Crippen LogP contribution in [0.3, 0.4) is 0 Å². The molecule has 1 atom stereocenters. The Labute approximate surface area is 156 Å². The summed E-state index contributed by atoms with van der Waals surface area (Å²) in [4.78, 5) is 24.3. The number of carbonyl (C=O) groups is 1. The van der Waals surface area contributed by atoms with Crippen LogP contribution in [0, 0.1) is 5.92 Å². The molecule has 1 N–H and O–H groups in total. The summed E-state index contributed by atoms with van der Waals surface area (Å²) >= 11 is 5.97. The number of benzene rings is 1. The first kappa shape index (κ1) is 17.0. The van der Waals surface area contributed by atoms with Gasteiger partial charge in [-0.25, -0.2) is 9.97 Å². The molecule has 26 heavy (non-hydrogen) atoms. The average molecular weight is 370 g/mol. The topological polar surface area (TPSA) is 67.9 Å². The van der Waals surface area contributed by atoms with Crippen LogP contribution in [0.1, 0.15) is 30.2 Å². The van der Waals surface area contributed by atoms with Gasteiger partial charge >= 0.3 is 0 Å². The number of hydrogen-bond acceptors (Lipinski definition) is 4. The molecule has 0 bridgehead atoms. The standard InChI is InChI=1S/C20H20ClN3O2/c1-12-5-6-16-17(7-12)24-19-18(16)20(23-11-22-19)26-10-15(25)9-13-3-2-4-14(21)8-13/h2-4,8,11-12H,5-7,9-10H2,1H3,(H,22,23,24). The first-order valence-corrected chi connectivity index (χ1v) is 9.21. The highest BCUT2D eigenvalue weighted by atomic mass is 35.5. The normalized spacial score (nSPS) is 16.5. The maximum atomic E-state index is 12.3. The second-order valence-electron chi connectivity index (χ2n) is 6.97. The predicted octanol–water partition coefficient (Wildman–Crippen LogP) is 3.93. The van der Waals surface area contributed by atoms with Crippen molar-refractivity contribution >= 4 is 28.4 Å². The van der Waals surface area contributed by atoms with Crippen molar-refractivity contribution in [2.75, 3.05) is 6.61 Å². The molecule has 0 aliphatic heterocycles. The van der Waals surface area contributed by atoms with Crippen LogP contribution in [0.4, 0.5) is 0 Å². The van der Waals surface area contributed by atoms with Gasteiger partial charge in [0.2, 0.25) is 5.88 Å². The molecule has 0 saturated carbocycles. The van der Waals surface area contributed by atoms with Crippen molar-refractivity contribution in [3.63, 3.8) is 0 Å². The van der Waals surface area contributed by atoms with E-state index < -0.39 is 0 Å². The van der Waals surface area contributed by atoms with E-state index in [2.05, 4.69) is 21.9 Å². The summed E-state index contributed by atoms with van der Waals surface area (Å²) in [7, 11) is 0. The number of nitrogens with one attached hydrogen (secondary N) is 1. The number of H-pyrrole nitrogens is 1. The molecule has 1 unspecified atom stereocenters. The number of ketones is 1. The number of carbonyl (C=O) groups excluding carboxylic acids is 1. The SMILES string of the molecule is CC1CCc2c([nH]c3ncnc(OCC(=O)Cc4cccc(Cl)c4)c23)C1. The van der Waals surface area contributed by atoms with Crippen LogP contribution in [0.5, 0.6) is 5.88 Å². The predicted molar refractivity (Wildman–Crippen MR) is 101 cm³/mol. The van der Waals surface area contributed by atoms with Crippen LogP contribution in [0.2, 0.25) is 5.02 Å². The molecular weight excluding hydrogens is 350 g/mol. The van der Waals surface area contributed by atoms with Gasteiger partial charge in [-0.15, -0.1) is 0 Å². The molecule has 2 aromatic heterocycles. The molecule has 0 fully saturated rings. The van der Waals surface area contributed by atoms with Crippen molar-refractivity contribution < 1.29 is 9.53 Å². The third-order valence-corrected chi connectivity index (χ3v) is 5.08. The monoisotopic (exact) mass is 369 g/mol. The van der Waals surface area contributed by atoms with E-state index in [4.69, 9.17) is 16.3 Å². The zero-order valence-corrected chi connectivity index (χ0v) is 15.3. The van der Waals surface area contributed by atoms with Gasteiger partial charge in [-0.2, -0.15) is 0 Å². The Hall–Kier alpha value is -2.40. The molecule has 1 aliphatic carbocycles. The molecule has 6 heteroatoms. The third-order valence-electron chi connectivity index (χ3n) is 4.85. The van der Waals surface area contributed by atoms with E-state index in [0.29, 0.717) is 16.8 Å². The van der Waals surface area contributed by atoms with E-state index in [-0.39, 0.29) is 18.8 Å². The van der Waals surface area contributed by atoms with E-state index in [9.17, 15) is 4.79 Å². The minimum atomic E-state index is -0.0189. The number of Topliss-reactive ketones (excluding diaryl/α,β-unsaturated/α-hetero) is 1. The van der Waals surface area contributed by atoms with Crippen LogP contribution >= 0.6 is 11.6 Å². The lowest BCUT2D eigenvalue weighted by Gasteiger charge is -2.18. The molecule has 2 heterocycles.